The summed E-state index contributed by atoms with van der Waals surface area (Å²) in [6, 6.07) is 18.4. The molecule has 20 heavy (non-hydrogen) atoms. The molecule has 0 N–H and O–H groups in total. The van der Waals surface area contributed by atoms with Gasteiger partial charge in [0.25, 0.3) is 5.78 Å². The van der Waals surface area contributed by atoms with Crippen LogP contribution in [0.15, 0.2) is 66.7 Å². The molecule has 2 nitrogen and oxygen atoms in total. The van der Waals surface area contributed by atoms with Crippen molar-refractivity contribution in [3.8, 4) is 11.8 Å². The highest BCUT2D eigenvalue weighted by atomic mass is 16.2. The number of carbonyl (C=O) groups is 2. The molecule has 0 fully saturated rings. The maximum absolute atomic E-state index is 11.6. The number of hydrogen-bond acceptors (Lipinski definition) is 2. The molecule has 0 spiro atoms. The lowest BCUT2D eigenvalue weighted by Crippen LogP contribution is -2.07. The normalized spacial score (nSPS) is 9.80. The number of ketones is 2. The second-order valence-corrected chi connectivity index (χ2v) is 4.05. The lowest BCUT2D eigenvalue weighted by Gasteiger charge is -1.90. The number of benzene rings is 2. The van der Waals surface area contributed by atoms with E-state index in [0.717, 1.165) is 5.56 Å². The smallest absolute Gasteiger partial charge is 0.276 e. The fourth-order valence-electron chi connectivity index (χ4n) is 1.52. The van der Waals surface area contributed by atoms with Gasteiger partial charge in [0.15, 0.2) is 0 Å². The van der Waals surface area contributed by atoms with Gasteiger partial charge in [0.05, 0.1) is 0 Å². The zero-order valence-electron chi connectivity index (χ0n) is 10.7. The topological polar surface area (TPSA) is 34.1 Å². The zero-order chi connectivity index (χ0) is 14.2. The predicted octanol–water partition coefficient (Wildman–Crippen LogP) is 2.89. The average Bonchev–Trinajstić information content (AvgIpc) is 2.52. The molecule has 2 aromatic carbocycles. The van der Waals surface area contributed by atoms with E-state index in [2.05, 4.69) is 11.8 Å². The third-order valence-corrected chi connectivity index (χ3v) is 2.54. The number of hydrogen-bond donors (Lipinski definition) is 0. The summed E-state index contributed by atoms with van der Waals surface area (Å²) < 4.78 is 0. The Balaban J connectivity index is 2.02. The van der Waals surface area contributed by atoms with Crippen LogP contribution in [-0.2, 0) is 9.59 Å². The van der Waals surface area contributed by atoms with Crippen LogP contribution < -0.4 is 0 Å². The standard InChI is InChI=1S/C18H12O2/c19-17(13-11-15-7-3-1-4-8-15)18(20)14-12-16-9-5-2-6-10-16/h1-11,13H/b13-11+. The van der Waals surface area contributed by atoms with Gasteiger partial charge in [-0.2, -0.15) is 0 Å². The Morgan fingerprint density at radius 2 is 1.45 bits per heavy atom. The Bertz CT molecular complexity index is 686. The summed E-state index contributed by atoms with van der Waals surface area (Å²) in [6.07, 6.45) is 2.85. The Kier molecular flexibility index (Phi) is 4.64. The van der Waals surface area contributed by atoms with Gasteiger partial charge in [-0.25, -0.2) is 0 Å². The number of rotatable bonds is 3. The molecular formula is C18H12O2. The molecule has 0 saturated carbocycles. The Hall–Kier alpha value is -2.92. The van der Waals surface area contributed by atoms with E-state index in [9.17, 15) is 9.59 Å². The molecule has 0 atom stereocenters. The van der Waals surface area contributed by atoms with Gasteiger partial charge in [-0.1, -0.05) is 60.5 Å². The highest BCUT2D eigenvalue weighted by molar-refractivity contribution is 6.48. The molecular weight excluding hydrogens is 248 g/mol. The van der Waals surface area contributed by atoms with E-state index in [0.29, 0.717) is 5.56 Å². The van der Waals surface area contributed by atoms with E-state index in [1.807, 2.05) is 48.5 Å². The van der Waals surface area contributed by atoms with Crippen LogP contribution in [0.25, 0.3) is 6.08 Å². The first-order chi connectivity index (χ1) is 9.75. The number of Topliss-reactive ketones (excluding diaryl/α,β-unsaturated/α-hetero) is 1. The third kappa shape index (κ3) is 4.08. The molecule has 0 saturated heterocycles. The second-order valence-electron chi connectivity index (χ2n) is 4.05. The molecule has 0 aliphatic rings. The lowest BCUT2D eigenvalue weighted by molar-refractivity contribution is -0.130. The first kappa shape index (κ1) is 13.5. The van der Waals surface area contributed by atoms with E-state index in [1.54, 1.807) is 18.2 Å². The quantitative estimate of drug-likeness (QED) is 0.483. The van der Waals surface area contributed by atoms with E-state index < -0.39 is 11.6 Å². The first-order valence-electron chi connectivity index (χ1n) is 6.14. The largest absolute Gasteiger partial charge is 0.285 e. The first-order valence-corrected chi connectivity index (χ1v) is 6.14. The molecule has 0 amide bonds. The fourth-order valence-corrected chi connectivity index (χ4v) is 1.52. The van der Waals surface area contributed by atoms with Crippen LogP contribution in [0.5, 0.6) is 0 Å². The van der Waals surface area contributed by atoms with Crippen molar-refractivity contribution in [3.05, 3.63) is 77.9 Å². The minimum absolute atomic E-state index is 0.614. The van der Waals surface area contributed by atoms with Crippen molar-refractivity contribution in [2.75, 3.05) is 0 Å². The molecule has 0 bridgehead atoms. The van der Waals surface area contributed by atoms with Crippen molar-refractivity contribution in [3.63, 3.8) is 0 Å². The summed E-state index contributed by atoms with van der Waals surface area (Å²) in [6.45, 7) is 0. The van der Waals surface area contributed by atoms with E-state index >= 15 is 0 Å². The molecule has 0 heterocycles. The summed E-state index contributed by atoms with van der Waals surface area (Å²) in [5.74, 6) is 3.69. The third-order valence-electron chi connectivity index (χ3n) is 2.54. The Morgan fingerprint density at radius 1 is 0.850 bits per heavy atom. The van der Waals surface area contributed by atoms with Gasteiger partial charge in [0.2, 0.25) is 5.78 Å². The van der Waals surface area contributed by atoms with Crippen LogP contribution in [0, 0.1) is 11.8 Å². The van der Waals surface area contributed by atoms with Gasteiger partial charge in [-0.3, -0.25) is 9.59 Å². The highest BCUT2D eigenvalue weighted by Gasteiger charge is 2.05. The average molecular weight is 260 g/mol. The number of carbonyl (C=O) groups excluding carboxylic acids is 2. The van der Waals surface area contributed by atoms with Crippen molar-refractivity contribution in [1.29, 1.82) is 0 Å². The van der Waals surface area contributed by atoms with Crippen LogP contribution in [0.1, 0.15) is 11.1 Å². The van der Waals surface area contributed by atoms with Gasteiger partial charge >= 0.3 is 0 Å². The summed E-state index contributed by atoms with van der Waals surface area (Å²) in [7, 11) is 0. The summed E-state index contributed by atoms with van der Waals surface area (Å²) in [5.41, 5.74) is 1.57. The molecule has 0 aliphatic carbocycles. The van der Waals surface area contributed by atoms with Gasteiger partial charge in [-0.15, -0.1) is 0 Å². The van der Waals surface area contributed by atoms with E-state index in [-0.39, 0.29) is 0 Å². The van der Waals surface area contributed by atoms with Gasteiger partial charge in [-0.05, 0) is 29.7 Å². The summed E-state index contributed by atoms with van der Waals surface area (Å²) in [4.78, 5) is 23.2. The van der Waals surface area contributed by atoms with Crippen LogP contribution in [0.2, 0.25) is 0 Å². The van der Waals surface area contributed by atoms with Crippen molar-refractivity contribution in [2.45, 2.75) is 0 Å². The van der Waals surface area contributed by atoms with Crippen LogP contribution in [0.4, 0.5) is 0 Å². The van der Waals surface area contributed by atoms with E-state index in [4.69, 9.17) is 0 Å². The molecule has 0 unspecified atom stereocenters. The highest BCUT2D eigenvalue weighted by Crippen LogP contribution is 2.01. The van der Waals surface area contributed by atoms with Gasteiger partial charge in [0.1, 0.15) is 0 Å². The lowest BCUT2D eigenvalue weighted by atomic mass is 10.1. The maximum atomic E-state index is 11.6. The van der Waals surface area contributed by atoms with Crippen molar-refractivity contribution >= 4 is 17.6 Å². The van der Waals surface area contributed by atoms with Crippen molar-refractivity contribution < 1.29 is 9.59 Å². The molecule has 2 rings (SSSR count). The number of allylic oxidation sites excluding steroid dienone is 1. The van der Waals surface area contributed by atoms with Crippen molar-refractivity contribution in [1.82, 2.24) is 0 Å². The van der Waals surface area contributed by atoms with Gasteiger partial charge < -0.3 is 0 Å². The summed E-state index contributed by atoms with van der Waals surface area (Å²) >= 11 is 0. The Morgan fingerprint density at radius 3 is 2.10 bits per heavy atom. The molecule has 0 aromatic heterocycles. The fraction of sp³-hybridized carbons (Fsp3) is 0. The molecule has 0 aliphatic heterocycles. The van der Waals surface area contributed by atoms with Crippen molar-refractivity contribution in [2.24, 2.45) is 0 Å². The van der Waals surface area contributed by atoms with Crippen LogP contribution >= 0.6 is 0 Å². The molecule has 2 aromatic rings. The minimum atomic E-state index is -0.707. The summed E-state index contributed by atoms with van der Waals surface area (Å²) in [5, 5.41) is 0. The zero-order valence-corrected chi connectivity index (χ0v) is 10.7. The Labute approximate surface area is 117 Å². The van der Waals surface area contributed by atoms with E-state index in [1.165, 1.54) is 6.08 Å². The predicted molar refractivity (Wildman–Crippen MR) is 78.8 cm³/mol. The maximum Gasteiger partial charge on any atom is 0.276 e. The second kappa shape index (κ2) is 6.86. The van der Waals surface area contributed by atoms with Gasteiger partial charge in [0, 0.05) is 5.56 Å². The molecule has 2 heteroatoms. The SMILES string of the molecule is O=C(C#Cc1ccccc1)C(=O)/C=C/c1ccccc1. The van der Waals surface area contributed by atoms with Crippen LogP contribution in [0.3, 0.4) is 0 Å². The van der Waals surface area contributed by atoms with Crippen LogP contribution in [-0.4, -0.2) is 11.6 Å². The molecule has 96 valence electrons. The molecule has 0 radical (unpaired) electrons. The minimum Gasteiger partial charge on any atom is -0.285 e. The monoisotopic (exact) mass is 260 g/mol.